The molecule has 0 spiro atoms. The first-order chi connectivity index (χ1) is 9.97. The normalized spacial score (nSPS) is 12.4. The van der Waals surface area contributed by atoms with Gasteiger partial charge in [-0.15, -0.1) is 0 Å². The number of hydrogen-bond acceptors (Lipinski definition) is 3. The fourth-order valence-corrected chi connectivity index (χ4v) is 2.18. The maximum absolute atomic E-state index is 12.1. The molecule has 1 amide bonds. The Labute approximate surface area is 126 Å². The third-order valence-electron chi connectivity index (χ3n) is 3.29. The monoisotopic (exact) mass is 285 g/mol. The van der Waals surface area contributed by atoms with Crippen LogP contribution in [-0.2, 0) is 4.79 Å². The first-order valence-electron chi connectivity index (χ1n) is 7.38. The predicted molar refractivity (Wildman–Crippen MR) is 87.4 cm³/mol. The molecule has 1 atom stereocenters. The van der Waals surface area contributed by atoms with E-state index in [1.54, 1.807) is 0 Å². The number of aryl methyl sites for hydroxylation is 1. The first kappa shape index (κ1) is 15.3. The molecule has 0 aliphatic heterocycles. The molecule has 21 heavy (non-hydrogen) atoms. The number of hydrogen-bond donors (Lipinski definition) is 2. The van der Waals surface area contributed by atoms with Crippen LogP contribution in [-0.4, -0.2) is 23.5 Å². The molecule has 0 aliphatic rings. The Bertz CT molecular complexity index is 637. The highest BCUT2D eigenvalue weighted by atomic mass is 16.2. The molecule has 4 nitrogen and oxygen atoms in total. The van der Waals surface area contributed by atoms with E-state index in [9.17, 15) is 4.79 Å². The highest BCUT2D eigenvalue weighted by molar-refractivity contribution is 5.94. The number of amides is 1. The molecular formula is C17H23N3O. The van der Waals surface area contributed by atoms with Crippen LogP contribution < -0.4 is 10.6 Å². The standard InChI is InChI=1S/C17H23N3O/c1-11(2)10-18-17(21)13(4)20-16-9-12(3)19-15-8-6-5-7-14(15)16/h5-9,11,13H,10H2,1-4H3,(H,18,21)(H,19,20). The van der Waals surface area contributed by atoms with Crippen molar-refractivity contribution < 1.29 is 4.79 Å². The molecule has 0 bridgehead atoms. The second kappa shape index (κ2) is 6.57. The van der Waals surface area contributed by atoms with Gasteiger partial charge in [0.15, 0.2) is 0 Å². The zero-order valence-corrected chi connectivity index (χ0v) is 13.1. The highest BCUT2D eigenvalue weighted by Crippen LogP contribution is 2.23. The zero-order valence-electron chi connectivity index (χ0n) is 13.1. The van der Waals surface area contributed by atoms with Gasteiger partial charge in [-0.25, -0.2) is 0 Å². The second-order valence-corrected chi connectivity index (χ2v) is 5.83. The second-order valence-electron chi connectivity index (χ2n) is 5.83. The van der Waals surface area contributed by atoms with Crippen LogP contribution in [0.5, 0.6) is 0 Å². The van der Waals surface area contributed by atoms with Gasteiger partial charge >= 0.3 is 0 Å². The number of rotatable bonds is 5. The number of pyridine rings is 1. The van der Waals surface area contributed by atoms with E-state index in [0.29, 0.717) is 12.5 Å². The van der Waals surface area contributed by atoms with Crippen molar-refractivity contribution in [2.45, 2.75) is 33.7 Å². The topological polar surface area (TPSA) is 54.0 Å². The summed E-state index contributed by atoms with van der Waals surface area (Å²) in [5, 5.41) is 7.28. The summed E-state index contributed by atoms with van der Waals surface area (Å²) in [5.74, 6) is 0.465. The SMILES string of the molecule is Cc1cc(NC(C)C(=O)NCC(C)C)c2ccccc2n1. The predicted octanol–water partition coefficient (Wildman–Crippen LogP) is 3.12. The molecule has 0 saturated heterocycles. The molecule has 1 aromatic heterocycles. The summed E-state index contributed by atoms with van der Waals surface area (Å²) in [6, 6.07) is 9.65. The molecule has 1 aromatic carbocycles. The van der Waals surface area contributed by atoms with Crippen LogP contribution in [0.25, 0.3) is 10.9 Å². The maximum atomic E-state index is 12.1. The molecule has 4 heteroatoms. The molecule has 2 aromatic rings. The van der Waals surface area contributed by atoms with Crippen molar-refractivity contribution in [2.24, 2.45) is 5.92 Å². The van der Waals surface area contributed by atoms with Gasteiger partial charge in [0.05, 0.1) is 5.52 Å². The van der Waals surface area contributed by atoms with Crippen molar-refractivity contribution in [3.8, 4) is 0 Å². The lowest BCUT2D eigenvalue weighted by Crippen LogP contribution is -2.39. The van der Waals surface area contributed by atoms with E-state index in [4.69, 9.17) is 0 Å². The van der Waals surface area contributed by atoms with Crippen LogP contribution in [0.15, 0.2) is 30.3 Å². The zero-order chi connectivity index (χ0) is 15.4. The summed E-state index contributed by atoms with van der Waals surface area (Å²) >= 11 is 0. The number of carbonyl (C=O) groups is 1. The average Bonchev–Trinajstić information content (AvgIpc) is 2.44. The Morgan fingerprint density at radius 3 is 2.67 bits per heavy atom. The number of para-hydroxylation sites is 1. The van der Waals surface area contributed by atoms with Crippen LogP contribution in [0, 0.1) is 12.8 Å². The molecule has 0 aliphatic carbocycles. The summed E-state index contributed by atoms with van der Waals surface area (Å²) in [4.78, 5) is 16.6. The quantitative estimate of drug-likeness (QED) is 0.887. The smallest absolute Gasteiger partial charge is 0.242 e. The van der Waals surface area contributed by atoms with Crippen LogP contribution in [0.3, 0.4) is 0 Å². The molecule has 0 fully saturated rings. The third kappa shape index (κ3) is 3.94. The van der Waals surface area contributed by atoms with Gasteiger partial charge in [0.1, 0.15) is 6.04 Å². The molecule has 2 rings (SSSR count). The van der Waals surface area contributed by atoms with Gasteiger partial charge in [0, 0.05) is 23.3 Å². The number of nitrogens with zero attached hydrogens (tertiary/aromatic N) is 1. The molecule has 0 radical (unpaired) electrons. The van der Waals surface area contributed by atoms with Crippen molar-refractivity contribution in [3.05, 3.63) is 36.0 Å². The lowest BCUT2D eigenvalue weighted by molar-refractivity contribution is -0.121. The van der Waals surface area contributed by atoms with Crippen LogP contribution in [0.2, 0.25) is 0 Å². The summed E-state index contributed by atoms with van der Waals surface area (Å²) in [6.07, 6.45) is 0. The summed E-state index contributed by atoms with van der Waals surface area (Å²) < 4.78 is 0. The van der Waals surface area contributed by atoms with Gasteiger partial charge in [-0.3, -0.25) is 9.78 Å². The van der Waals surface area contributed by atoms with Gasteiger partial charge in [-0.2, -0.15) is 0 Å². The van der Waals surface area contributed by atoms with Gasteiger partial charge < -0.3 is 10.6 Å². The number of aromatic nitrogens is 1. The Morgan fingerprint density at radius 1 is 1.24 bits per heavy atom. The van der Waals surface area contributed by atoms with Crippen molar-refractivity contribution in [1.82, 2.24) is 10.3 Å². The Hall–Kier alpha value is -2.10. The Kier molecular flexibility index (Phi) is 4.78. The fourth-order valence-electron chi connectivity index (χ4n) is 2.18. The van der Waals surface area contributed by atoms with E-state index in [0.717, 1.165) is 22.3 Å². The average molecular weight is 285 g/mol. The lowest BCUT2D eigenvalue weighted by Gasteiger charge is -2.18. The molecule has 1 heterocycles. The lowest BCUT2D eigenvalue weighted by atomic mass is 10.1. The Balaban J connectivity index is 2.17. The number of nitrogens with one attached hydrogen (secondary N) is 2. The third-order valence-corrected chi connectivity index (χ3v) is 3.29. The van der Waals surface area contributed by atoms with Crippen LogP contribution >= 0.6 is 0 Å². The summed E-state index contributed by atoms with van der Waals surface area (Å²) in [5.41, 5.74) is 2.83. The van der Waals surface area contributed by atoms with Crippen molar-refractivity contribution in [1.29, 1.82) is 0 Å². The number of anilines is 1. The fraction of sp³-hybridized carbons (Fsp3) is 0.412. The number of fused-ring (bicyclic) bond motifs is 1. The van der Waals surface area contributed by atoms with E-state index in [1.165, 1.54) is 0 Å². The summed E-state index contributed by atoms with van der Waals surface area (Å²) in [7, 11) is 0. The highest BCUT2D eigenvalue weighted by Gasteiger charge is 2.14. The van der Waals surface area contributed by atoms with E-state index < -0.39 is 0 Å². The first-order valence-corrected chi connectivity index (χ1v) is 7.38. The van der Waals surface area contributed by atoms with Gasteiger partial charge in [0.25, 0.3) is 0 Å². The summed E-state index contributed by atoms with van der Waals surface area (Å²) in [6.45, 7) is 8.69. The van der Waals surface area contributed by atoms with Crippen LogP contribution in [0.4, 0.5) is 5.69 Å². The molecule has 112 valence electrons. The minimum absolute atomic E-state index is 0.0160. The molecule has 1 unspecified atom stereocenters. The maximum Gasteiger partial charge on any atom is 0.242 e. The molecule has 2 N–H and O–H groups in total. The van der Waals surface area contributed by atoms with E-state index in [-0.39, 0.29) is 11.9 Å². The van der Waals surface area contributed by atoms with E-state index >= 15 is 0 Å². The largest absolute Gasteiger partial charge is 0.373 e. The van der Waals surface area contributed by atoms with Gasteiger partial charge in [0.2, 0.25) is 5.91 Å². The van der Waals surface area contributed by atoms with Crippen molar-refractivity contribution in [2.75, 3.05) is 11.9 Å². The minimum atomic E-state index is -0.283. The molecular weight excluding hydrogens is 262 g/mol. The van der Waals surface area contributed by atoms with Crippen LogP contribution in [0.1, 0.15) is 26.5 Å². The van der Waals surface area contributed by atoms with Crippen molar-refractivity contribution in [3.63, 3.8) is 0 Å². The molecule has 0 saturated carbocycles. The van der Waals surface area contributed by atoms with Gasteiger partial charge in [-0.1, -0.05) is 32.0 Å². The van der Waals surface area contributed by atoms with Gasteiger partial charge in [-0.05, 0) is 31.9 Å². The van der Waals surface area contributed by atoms with E-state index in [2.05, 4.69) is 29.5 Å². The minimum Gasteiger partial charge on any atom is -0.373 e. The number of benzene rings is 1. The van der Waals surface area contributed by atoms with E-state index in [1.807, 2.05) is 44.2 Å². The van der Waals surface area contributed by atoms with Crippen molar-refractivity contribution >= 4 is 22.5 Å². The Morgan fingerprint density at radius 2 is 1.95 bits per heavy atom. The number of carbonyl (C=O) groups excluding carboxylic acids is 1.